The van der Waals surface area contributed by atoms with Crippen molar-refractivity contribution in [2.24, 2.45) is 0 Å². The summed E-state index contributed by atoms with van der Waals surface area (Å²) in [6.45, 7) is 6.88. The summed E-state index contributed by atoms with van der Waals surface area (Å²) in [7, 11) is 1.82. The minimum Gasteiger partial charge on any atom is -0.337 e. The second-order valence-corrected chi connectivity index (χ2v) is 4.15. The molecule has 0 aromatic rings. The van der Waals surface area contributed by atoms with Gasteiger partial charge in [0, 0.05) is 26.7 Å². The third kappa shape index (κ3) is 4.51. The number of carbonyl (C=O) groups excluding carboxylic acids is 1. The highest BCUT2D eigenvalue weighted by Gasteiger charge is 2.10. The quantitative estimate of drug-likeness (QED) is 0.760. The van der Waals surface area contributed by atoms with Crippen molar-refractivity contribution < 1.29 is 4.79 Å². The number of nitrogens with one attached hydrogen (secondary N) is 1. The van der Waals surface area contributed by atoms with Crippen LogP contribution in [0.25, 0.3) is 0 Å². The normalized spacial score (nSPS) is 17.5. The molecule has 1 aliphatic rings. The number of carbonyl (C=O) groups is 1. The molecule has 88 valence electrons. The SMILES string of the molecule is CCN(C)C(=O)NCCN1CCCCC1. The fraction of sp³-hybridized carbons (Fsp3) is 0.909. The lowest BCUT2D eigenvalue weighted by molar-refractivity contribution is 0.202. The fourth-order valence-corrected chi connectivity index (χ4v) is 1.78. The van der Waals surface area contributed by atoms with Crippen LogP contribution in [-0.4, -0.2) is 55.6 Å². The molecular weight excluding hydrogens is 190 g/mol. The highest BCUT2D eigenvalue weighted by atomic mass is 16.2. The summed E-state index contributed by atoms with van der Waals surface area (Å²) >= 11 is 0. The molecule has 4 heteroatoms. The lowest BCUT2D eigenvalue weighted by Crippen LogP contribution is -2.42. The Balaban J connectivity index is 2.07. The molecule has 0 aromatic carbocycles. The molecule has 4 nitrogen and oxygen atoms in total. The minimum absolute atomic E-state index is 0.0366. The second-order valence-electron chi connectivity index (χ2n) is 4.15. The van der Waals surface area contributed by atoms with Crippen LogP contribution in [0.5, 0.6) is 0 Å². The van der Waals surface area contributed by atoms with Crippen LogP contribution in [0.1, 0.15) is 26.2 Å². The van der Waals surface area contributed by atoms with Gasteiger partial charge in [0.2, 0.25) is 0 Å². The molecule has 0 bridgehead atoms. The standard InChI is InChI=1S/C11H23N3O/c1-3-13(2)11(15)12-7-10-14-8-5-4-6-9-14/h3-10H2,1-2H3,(H,12,15). The predicted molar refractivity (Wildman–Crippen MR) is 62.0 cm³/mol. The number of rotatable bonds is 4. The summed E-state index contributed by atoms with van der Waals surface area (Å²) in [4.78, 5) is 15.5. The molecule has 0 spiro atoms. The number of hydrogen-bond acceptors (Lipinski definition) is 2. The van der Waals surface area contributed by atoms with Crippen LogP contribution in [0.3, 0.4) is 0 Å². The molecule has 0 radical (unpaired) electrons. The van der Waals surface area contributed by atoms with Crippen LogP contribution in [-0.2, 0) is 0 Å². The van der Waals surface area contributed by atoms with Gasteiger partial charge >= 0.3 is 6.03 Å². The van der Waals surface area contributed by atoms with Gasteiger partial charge in [0.05, 0.1) is 0 Å². The first-order chi connectivity index (χ1) is 7.24. The van der Waals surface area contributed by atoms with E-state index in [2.05, 4.69) is 10.2 Å². The molecule has 2 amide bonds. The third-order valence-corrected chi connectivity index (χ3v) is 2.97. The Labute approximate surface area is 92.6 Å². The summed E-state index contributed by atoms with van der Waals surface area (Å²) in [6, 6.07) is 0.0366. The van der Waals surface area contributed by atoms with Crippen molar-refractivity contribution in [1.82, 2.24) is 15.1 Å². The summed E-state index contributed by atoms with van der Waals surface area (Å²) in [5.41, 5.74) is 0. The van der Waals surface area contributed by atoms with Crippen LogP contribution in [0, 0.1) is 0 Å². The number of likely N-dealkylation sites (tertiary alicyclic amines) is 1. The Morgan fingerprint density at radius 3 is 2.60 bits per heavy atom. The van der Waals surface area contributed by atoms with Gasteiger partial charge in [0.15, 0.2) is 0 Å². The Morgan fingerprint density at radius 2 is 2.00 bits per heavy atom. The van der Waals surface area contributed by atoms with Gasteiger partial charge in [-0.3, -0.25) is 0 Å². The third-order valence-electron chi connectivity index (χ3n) is 2.97. The van der Waals surface area contributed by atoms with E-state index in [1.807, 2.05) is 14.0 Å². The molecule has 1 aliphatic heterocycles. The maximum Gasteiger partial charge on any atom is 0.317 e. The molecule has 1 rings (SSSR count). The average molecular weight is 213 g/mol. The average Bonchev–Trinajstić information content (AvgIpc) is 2.29. The molecule has 1 fully saturated rings. The van der Waals surface area contributed by atoms with Gasteiger partial charge in [0.1, 0.15) is 0 Å². The van der Waals surface area contributed by atoms with E-state index in [1.54, 1.807) is 4.90 Å². The van der Waals surface area contributed by atoms with E-state index in [0.717, 1.165) is 19.6 Å². The van der Waals surface area contributed by atoms with E-state index in [4.69, 9.17) is 0 Å². The molecule has 0 aliphatic carbocycles. The topological polar surface area (TPSA) is 35.6 Å². The molecule has 1 N–H and O–H groups in total. The second kappa shape index (κ2) is 6.67. The highest BCUT2D eigenvalue weighted by Crippen LogP contribution is 2.07. The number of amides is 2. The van der Waals surface area contributed by atoms with E-state index in [9.17, 15) is 4.79 Å². The van der Waals surface area contributed by atoms with E-state index < -0.39 is 0 Å². The predicted octanol–water partition coefficient (Wildman–Crippen LogP) is 1.13. The maximum absolute atomic E-state index is 11.4. The summed E-state index contributed by atoms with van der Waals surface area (Å²) < 4.78 is 0. The van der Waals surface area contributed by atoms with Gasteiger partial charge in [0.25, 0.3) is 0 Å². The number of hydrogen-bond donors (Lipinski definition) is 1. The highest BCUT2D eigenvalue weighted by molar-refractivity contribution is 5.73. The molecule has 15 heavy (non-hydrogen) atoms. The number of piperidine rings is 1. The van der Waals surface area contributed by atoms with E-state index in [0.29, 0.717) is 0 Å². The lowest BCUT2D eigenvalue weighted by Gasteiger charge is -2.26. The maximum atomic E-state index is 11.4. The first-order valence-electron chi connectivity index (χ1n) is 5.95. The first kappa shape index (κ1) is 12.3. The molecule has 0 saturated carbocycles. The van der Waals surface area contributed by atoms with Crippen LogP contribution in [0.15, 0.2) is 0 Å². The van der Waals surface area contributed by atoms with Crippen LogP contribution in [0.2, 0.25) is 0 Å². The molecule has 0 aromatic heterocycles. The van der Waals surface area contributed by atoms with Gasteiger partial charge in [-0.05, 0) is 32.9 Å². The summed E-state index contributed by atoms with van der Waals surface area (Å²) in [5, 5.41) is 2.93. The lowest BCUT2D eigenvalue weighted by atomic mass is 10.1. The van der Waals surface area contributed by atoms with E-state index in [1.165, 1.54) is 32.4 Å². The van der Waals surface area contributed by atoms with Crippen LogP contribution in [0.4, 0.5) is 4.79 Å². The number of nitrogens with zero attached hydrogens (tertiary/aromatic N) is 2. The van der Waals surface area contributed by atoms with Crippen molar-refractivity contribution in [2.45, 2.75) is 26.2 Å². The smallest absolute Gasteiger partial charge is 0.317 e. The largest absolute Gasteiger partial charge is 0.337 e. The van der Waals surface area contributed by atoms with Gasteiger partial charge in [-0.25, -0.2) is 4.79 Å². The van der Waals surface area contributed by atoms with E-state index in [-0.39, 0.29) is 6.03 Å². The zero-order valence-corrected chi connectivity index (χ0v) is 9.96. The van der Waals surface area contributed by atoms with Crippen molar-refractivity contribution in [2.75, 3.05) is 39.8 Å². The summed E-state index contributed by atoms with van der Waals surface area (Å²) in [5.74, 6) is 0. The fourth-order valence-electron chi connectivity index (χ4n) is 1.78. The summed E-state index contributed by atoms with van der Waals surface area (Å²) in [6.07, 6.45) is 3.98. The van der Waals surface area contributed by atoms with Gasteiger partial charge < -0.3 is 15.1 Å². The van der Waals surface area contributed by atoms with Gasteiger partial charge in [-0.1, -0.05) is 6.42 Å². The van der Waals surface area contributed by atoms with E-state index >= 15 is 0 Å². The molecule has 0 atom stereocenters. The number of urea groups is 1. The Bertz CT molecular complexity index is 190. The molecule has 1 heterocycles. The Morgan fingerprint density at radius 1 is 1.33 bits per heavy atom. The first-order valence-corrected chi connectivity index (χ1v) is 5.95. The monoisotopic (exact) mass is 213 g/mol. The molecule has 1 saturated heterocycles. The van der Waals surface area contributed by atoms with Gasteiger partial charge in [-0.15, -0.1) is 0 Å². The molecular formula is C11H23N3O. The van der Waals surface area contributed by atoms with Gasteiger partial charge in [-0.2, -0.15) is 0 Å². The van der Waals surface area contributed by atoms with Crippen molar-refractivity contribution in [3.8, 4) is 0 Å². The minimum atomic E-state index is 0.0366. The zero-order chi connectivity index (χ0) is 11.1. The van der Waals surface area contributed by atoms with Crippen molar-refractivity contribution in [3.63, 3.8) is 0 Å². The Kier molecular flexibility index (Phi) is 5.47. The Hall–Kier alpha value is -0.770. The van der Waals surface area contributed by atoms with Crippen molar-refractivity contribution in [3.05, 3.63) is 0 Å². The van der Waals surface area contributed by atoms with Crippen LogP contribution < -0.4 is 5.32 Å². The van der Waals surface area contributed by atoms with Crippen LogP contribution >= 0.6 is 0 Å². The van der Waals surface area contributed by atoms with Crippen molar-refractivity contribution in [1.29, 1.82) is 0 Å². The van der Waals surface area contributed by atoms with Crippen molar-refractivity contribution >= 4 is 6.03 Å². The molecule has 0 unspecified atom stereocenters. The zero-order valence-electron chi connectivity index (χ0n) is 9.96.